The summed E-state index contributed by atoms with van der Waals surface area (Å²) in [5.41, 5.74) is 5.05. The third-order valence-electron chi connectivity index (χ3n) is 6.82. The monoisotopic (exact) mass is 352 g/mol. The van der Waals surface area contributed by atoms with E-state index in [0.717, 1.165) is 30.0 Å². The molecular formula is C22H28N2O2. The van der Waals surface area contributed by atoms with Gasteiger partial charge in [0.25, 0.3) is 0 Å². The number of carbonyl (C=O) groups is 1. The number of nitrogens with zero attached hydrogens (tertiary/aromatic N) is 2. The lowest BCUT2D eigenvalue weighted by Gasteiger charge is -2.44. The predicted octanol–water partition coefficient (Wildman–Crippen LogP) is 4.33. The Labute approximate surface area is 155 Å². The number of rotatable bonds is 3. The number of benzene rings is 1. The molecule has 2 aromatic rings. The lowest BCUT2D eigenvalue weighted by Crippen LogP contribution is -2.47. The first-order valence-electron chi connectivity index (χ1n) is 10.2. The first-order chi connectivity index (χ1) is 12.7. The second kappa shape index (κ2) is 6.12. The predicted molar refractivity (Wildman–Crippen MR) is 103 cm³/mol. The van der Waals surface area contributed by atoms with E-state index in [1.54, 1.807) is 0 Å². The van der Waals surface area contributed by atoms with E-state index in [0.29, 0.717) is 12.0 Å². The minimum Gasteiger partial charge on any atom is -0.452 e. The van der Waals surface area contributed by atoms with Gasteiger partial charge in [-0.05, 0) is 68.2 Å². The second-order valence-corrected chi connectivity index (χ2v) is 8.28. The minimum absolute atomic E-state index is 0.255. The summed E-state index contributed by atoms with van der Waals surface area (Å²) in [4.78, 5) is 15.3. The molecule has 3 aliphatic rings. The maximum Gasteiger partial charge on any atom is 0.418 e. The smallest absolute Gasteiger partial charge is 0.418 e. The third-order valence-corrected chi connectivity index (χ3v) is 6.82. The van der Waals surface area contributed by atoms with E-state index >= 15 is 0 Å². The summed E-state index contributed by atoms with van der Waals surface area (Å²) < 4.78 is 6.95. The summed E-state index contributed by atoms with van der Waals surface area (Å²) in [6.07, 6.45) is 7.07. The topological polar surface area (TPSA) is 34.5 Å². The molecule has 1 aliphatic heterocycles. The Kier molecular flexibility index (Phi) is 3.85. The fraction of sp³-hybridized carbons (Fsp3) is 0.591. The van der Waals surface area contributed by atoms with Crippen molar-refractivity contribution in [3.05, 3.63) is 35.0 Å². The summed E-state index contributed by atoms with van der Waals surface area (Å²) >= 11 is 0. The average Bonchev–Trinajstić information content (AvgIpc) is 3.43. The van der Waals surface area contributed by atoms with Gasteiger partial charge in [-0.25, -0.2) is 9.36 Å². The molecule has 4 heteroatoms. The van der Waals surface area contributed by atoms with Crippen LogP contribution in [0.2, 0.25) is 0 Å². The van der Waals surface area contributed by atoms with Crippen LogP contribution in [0.3, 0.4) is 0 Å². The van der Waals surface area contributed by atoms with Crippen LogP contribution in [0.5, 0.6) is 0 Å². The Bertz CT molecular complexity index is 865. The fourth-order valence-corrected chi connectivity index (χ4v) is 5.53. The van der Waals surface area contributed by atoms with E-state index in [1.807, 2.05) is 4.57 Å². The summed E-state index contributed by atoms with van der Waals surface area (Å²) in [5.74, 6) is 1.54. The summed E-state index contributed by atoms with van der Waals surface area (Å²) in [6, 6.07) is 7.12. The van der Waals surface area contributed by atoms with Crippen molar-refractivity contribution < 1.29 is 9.53 Å². The number of likely N-dealkylation sites (tertiary alicyclic amines) is 1. The van der Waals surface area contributed by atoms with Crippen LogP contribution >= 0.6 is 0 Å². The highest BCUT2D eigenvalue weighted by Crippen LogP contribution is 2.46. The van der Waals surface area contributed by atoms with Crippen LogP contribution in [-0.2, 0) is 17.6 Å². The Morgan fingerprint density at radius 1 is 1.27 bits per heavy atom. The van der Waals surface area contributed by atoms with Crippen molar-refractivity contribution in [3.63, 3.8) is 0 Å². The molecular weight excluding hydrogens is 324 g/mol. The van der Waals surface area contributed by atoms with Crippen LogP contribution in [0.15, 0.2) is 18.2 Å². The molecule has 2 fully saturated rings. The molecule has 4 nitrogen and oxygen atoms in total. The lowest BCUT2D eigenvalue weighted by molar-refractivity contribution is 0.118. The second-order valence-electron chi connectivity index (χ2n) is 8.28. The van der Waals surface area contributed by atoms with Crippen molar-refractivity contribution in [1.29, 1.82) is 0 Å². The van der Waals surface area contributed by atoms with Crippen molar-refractivity contribution >= 4 is 17.0 Å². The zero-order valence-electron chi connectivity index (χ0n) is 15.8. The number of fused-ring (bicyclic) bond motifs is 2. The maximum absolute atomic E-state index is 12.5. The minimum atomic E-state index is -0.255. The van der Waals surface area contributed by atoms with Crippen molar-refractivity contribution in [2.45, 2.75) is 57.4 Å². The van der Waals surface area contributed by atoms with Crippen LogP contribution in [0, 0.1) is 5.92 Å². The number of ether oxygens (including phenoxy) is 1. The van der Waals surface area contributed by atoms with Gasteiger partial charge in [0.2, 0.25) is 0 Å². The van der Waals surface area contributed by atoms with Gasteiger partial charge in [0.1, 0.15) is 0 Å². The van der Waals surface area contributed by atoms with Crippen molar-refractivity contribution in [2.24, 2.45) is 5.92 Å². The number of piperidine rings is 1. The molecule has 0 spiro atoms. The van der Waals surface area contributed by atoms with Gasteiger partial charge in [0.15, 0.2) is 0 Å². The van der Waals surface area contributed by atoms with E-state index in [-0.39, 0.29) is 6.09 Å². The van der Waals surface area contributed by atoms with Gasteiger partial charge in [0, 0.05) is 29.6 Å². The van der Waals surface area contributed by atoms with Gasteiger partial charge in [-0.1, -0.05) is 19.1 Å². The summed E-state index contributed by atoms with van der Waals surface area (Å²) in [7, 11) is 1.48. The third kappa shape index (κ3) is 2.34. The van der Waals surface area contributed by atoms with Crippen molar-refractivity contribution in [3.8, 4) is 0 Å². The number of carbonyl (C=O) groups excluding carboxylic acids is 1. The van der Waals surface area contributed by atoms with E-state index in [4.69, 9.17) is 4.74 Å². The van der Waals surface area contributed by atoms with Crippen LogP contribution in [0.25, 0.3) is 10.9 Å². The van der Waals surface area contributed by atoms with Crippen LogP contribution < -0.4 is 0 Å². The number of methoxy groups -OCH3 is 1. The van der Waals surface area contributed by atoms with Gasteiger partial charge in [-0.15, -0.1) is 0 Å². The quantitative estimate of drug-likeness (QED) is 0.824. The van der Waals surface area contributed by atoms with Gasteiger partial charge in [-0.2, -0.15) is 0 Å². The molecule has 2 atom stereocenters. The van der Waals surface area contributed by atoms with E-state index < -0.39 is 0 Å². The zero-order valence-corrected chi connectivity index (χ0v) is 15.8. The number of hydrogen-bond acceptors (Lipinski definition) is 3. The van der Waals surface area contributed by atoms with Gasteiger partial charge >= 0.3 is 6.09 Å². The first-order valence-corrected chi connectivity index (χ1v) is 10.2. The highest BCUT2D eigenvalue weighted by Gasteiger charge is 2.41. The molecule has 26 heavy (non-hydrogen) atoms. The Hall–Kier alpha value is -1.81. The first kappa shape index (κ1) is 16.4. The number of hydrogen-bond donors (Lipinski definition) is 0. The molecule has 0 amide bonds. The molecule has 2 heterocycles. The molecule has 1 aromatic carbocycles. The molecule has 1 aromatic heterocycles. The van der Waals surface area contributed by atoms with E-state index in [1.165, 1.54) is 62.4 Å². The molecule has 0 radical (unpaired) electrons. The van der Waals surface area contributed by atoms with Crippen LogP contribution in [-0.4, -0.2) is 41.8 Å². The van der Waals surface area contributed by atoms with Gasteiger partial charge in [0.05, 0.1) is 12.6 Å². The number of aromatic nitrogens is 1. The Morgan fingerprint density at radius 3 is 2.85 bits per heavy atom. The molecule has 138 valence electrons. The van der Waals surface area contributed by atoms with E-state index in [9.17, 15) is 4.79 Å². The van der Waals surface area contributed by atoms with Gasteiger partial charge in [-0.3, -0.25) is 4.90 Å². The van der Waals surface area contributed by atoms with Crippen molar-refractivity contribution in [1.82, 2.24) is 9.47 Å². The molecule has 2 aliphatic carbocycles. The van der Waals surface area contributed by atoms with Crippen LogP contribution in [0.4, 0.5) is 4.79 Å². The Balaban J connectivity index is 1.67. The normalized spacial score (nSPS) is 25.3. The van der Waals surface area contributed by atoms with Crippen molar-refractivity contribution in [2.75, 3.05) is 20.2 Å². The zero-order chi connectivity index (χ0) is 17.8. The lowest BCUT2D eigenvalue weighted by atomic mass is 9.74. The summed E-state index contributed by atoms with van der Waals surface area (Å²) in [5, 5.41) is 1.34. The summed E-state index contributed by atoms with van der Waals surface area (Å²) in [6.45, 7) is 4.66. The average molecular weight is 352 g/mol. The van der Waals surface area contributed by atoms with Crippen LogP contribution in [0.1, 0.15) is 55.3 Å². The highest BCUT2D eigenvalue weighted by molar-refractivity contribution is 5.96. The molecule has 1 saturated carbocycles. The molecule has 1 saturated heterocycles. The standard InChI is InChI=1S/C22H28N2O2/c1-3-18-17-12-20-15(7-5-11-23(20)13-14-9-10-14)16-6-4-8-19(21(16)17)24(18)22(25)26-2/h4,6,8,14-15,20H,3,5,7,9-13H2,1-2H3/t15-,20-/m1/s1. The molecule has 0 N–H and O–H groups in total. The van der Waals surface area contributed by atoms with Gasteiger partial charge < -0.3 is 4.74 Å². The highest BCUT2D eigenvalue weighted by atomic mass is 16.5. The SMILES string of the molecule is CCc1c2c3c(cccc3n1C(=O)OC)[C@H]1CCCN(CC3CC3)[C@@H]1C2. The Morgan fingerprint density at radius 2 is 2.12 bits per heavy atom. The fourth-order valence-electron chi connectivity index (χ4n) is 5.53. The maximum atomic E-state index is 12.5. The van der Waals surface area contributed by atoms with E-state index in [2.05, 4.69) is 30.0 Å². The molecule has 5 rings (SSSR count). The molecule has 0 bridgehead atoms. The largest absolute Gasteiger partial charge is 0.452 e. The molecule has 0 unspecified atom stereocenters.